The first-order valence-electron chi connectivity index (χ1n) is 8.28. The number of amides is 3. The lowest BCUT2D eigenvalue weighted by molar-refractivity contribution is -0.117. The van der Waals surface area contributed by atoms with Crippen LogP contribution in [0.25, 0.3) is 0 Å². The first-order valence-corrected chi connectivity index (χ1v) is 8.66. The van der Waals surface area contributed by atoms with Crippen LogP contribution in [0.2, 0.25) is 5.02 Å². The number of rotatable bonds is 4. The van der Waals surface area contributed by atoms with E-state index in [1.54, 1.807) is 29.2 Å². The lowest BCUT2D eigenvalue weighted by atomic mass is 10.1. The van der Waals surface area contributed by atoms with Gasteiger partial charge in [-0.05, 0) is 42.3 Å². The molecule has 3 amide bonds. The highest BCUT2D eigenvalue weighted by Gasteiger charge is 2.31. The van der Waals surface area contributed by atoms with Crippen LogP contribution < -0.4 is 15.5 Å². The Labute approximate surface area is 152 Å². The molecular weight excluding hydrogens is 338 g/mol. The van der Waals surface area contributed by atoms with Crippen molar-refractivity contribution in [1.29, 1.82) is 0 Å². The number of anilines is 2. The third kappa shape index (κ3) is 4.12. The number of hydrogen-bond acceptors (Lipinski definition) is 2. The molecule has 130 valence electrons. The molecule has 1 aliphatic rings. The minimum atomic E-state index is -0.295. The number of urea groups is 1. The van der Waals surface area contributed by atoms with Crippen LogP contribution >= 0.6 is 11.6 Å². The summed E-state index contributed by atoms with van der Waals surface area (Å²) in [6, 6.07) is 14.3. The van der Waals surface area contributed by atoms with Crippen molar-refractivity contribution in [3.8, 4) is 0 Å². The van der Waals surface area contributed by atoms with Crippen LogP contribution in [0.5, 0.6) is 0 Å². The van der Waals surface area contributed by atoms with Crippen molar-refractivity contribution in [1.82, 2.24) is 5.32 Å². The largest absolute Gasteiger partial charge is 0.333 e. The minimum absolute atomic E-state index is 0.0124. The number of hydrogen-bond donors (Lipinski definition) is 2. The van der Waals surface area contributed by atoms with Crippen molar-refractivity contribution in [3.63, 3.8) is 0 Å². The topological polar surface area (TPSA) is 61.4 Å². The molecule has 1 aliphatic heterocycles. The van der Waals surface area contributed by atoms with E-state index in [4.69, 9.17) is 11.6 Å². The van der Waals surface area contributed by atoms with E-state index in [0.29, 0.717) is 11.6 Å². The van der Waals surface area contributed by atoms with Crippen LogP contribution in [0.3, 0.4) is 0 Å². The fourth-order valence-electron chi connectivity index (χ4n) is 2.97. The fourth-order valence-corrected chi connectivity index (χ4v) is 3.10. The molecule has 0 spiro atoms. The van der Waals surface area contributed by atoms with Crippen LogP contribution in [0.4, 0.5) is 16.2 Å². The number of carbonyl (C=O) groups is 2. The smallest absolute Gasteiger partial charge is 0.319 e. The molecule has 1 atom stereocenters. The van der Waals surface area contributed by atoms with Gasteiger partial charge in [-0.25, -0.2) is 4.79 Å². The second-order valence-electron chi connectivity index (χ2n) is 5.99. The molecule has 25 heavy (non-hydrogen) atoms. The summed E-state index contributed by atoms with van der Waals surface area (Å²) in [5, 5.41) is 6.37. The number of carbonyl (C=O) groups excluding carboxylic acids is 2. The Hall–Kier alpha value is -2.53. The van der Waals surface area contributed by atoms with Gasteiger partial charge in [0.05, 0.1) is 6.04 Å². The summed E-state index contributed by atoms with van der Waals surface area (Å²) in [5.74, 6) is -0.0124. The van der Waals surface area contributed by atoms with Crippen molar-refractivity contribution in [3.05, 3.63) is 59.1 Å². The van der Waals surface area contributed by atoms with Crippen LogP contribution in [0.1, 0.15) is 18.9 Å². The lowest BCUT2D eigenvalue weighted by Gasteiger charge is -2.18. The Morgan fingerprint density at radius 1 is 1.20 bits per heavy atom. The van der Waals surface area contributed by atoms with E-state index in [9.17, 15) is 9.59 Å². The van der Waals surface area contributed by atoms with E-state index in [1.807, 2.05) is 31.2 Å². The first kappa shape index (κ1) is 17.3. The molecule has 0 aromatic heterocycles. The van der Waals surface area contributed by atoms with Gasteiger partial charge in [-0.15, -0.1) is 0 Å². The standard InChI is InChI=1S/C19H20ClN3O2/c1-2-13-5-3-4-6-17(13)22-19(25)21-15-11-18(24)23(12-15)16-9-7-14(20)8-10-16/h3-10,15H,2,11-12H2,1H3,(H2,21,22,25)/t15-/m0/s1. The molecule has 0 unspecified atom stereocenters. The van der Waals surface area contributed by atoms with Gasteiger partial charge >= 0.3 is 6.03 Å². The molecular formula is C19H20ClN3O2. The van der Waals surface area contributed by atoms with E-state index in [-0.39, 0.29) is 24.4 Å². The van der Waals surface area contributed by atoms with Crippen molar-refractivity contribution < 1.29 is 9.59 Å². The maximum Gasteiger partial charge on any atom is 0.319 e. The number of nitrogens with zero attached hydrogens (tertiary/aromatic N) is 1. The van der Waals surface area contributed by atoms with E-state index < -0.39 is 0 Å². The summed E-state index contributed by atoms with van der Waals surface area (Å²) in [6.07, 6.45) is 1.12. The van der Waals surface area contributed by atoms with Gasteiger partial charge in [-0.1, -0.05) is 36.7 Å². The molecule has 1 saturated heterocycles. The molecule has 0 saturated carbocycles. The number of nitrogens with one attached hydrogen (secondary N) is 2. The third-order valence-corrected chi connectivity index (χ3v) is 4.50. The van der Waals surface area contributed by atoms with Crippen molar-refractivity contribution in [2.75, 3.05) is 16.8 Å². The molecule has 6 heteroatoms. The van der Waals surface area contributed by atoms with E-state index in [1.165, 1.54) is 0 Å². The SMILES string of the molecule is CCc1ccccc1NC(=O)N[C@H]1CC(=O)N(c2ccc(Cl)cc2)C1. The summed E-state index contributed by atoms with van der Waals surface area (Å²) < 4.78 is 0. The first-order chi connectivity index (χ1) is 12.1. The second kappa shape index (κ2) is 7.57. The fraction of sp³-hybridized carbons (Fsp3) is 0.263. The number of halogens is 1. The number of aryl methyl sites for hydroxylation is 1. The van der Waals surface area contributed by atoms with E-state index >= 15 is 0 Å². The van der Waals surface area contributed by atoms with Gasteiger partial charge in [0, 0.05) is 29.4 Å². The predicted molar refractivity (Wildman–Crippen MR) is 100 cm³/mol. The Kier molecular flexibility index (Phi) is 5.24. The van der Waals surface area contributed by atoms with Crippen LogP contribution in [-0.4, -0.2) is 24.5 Å². The molecule has 5 nitrogen and oxygen atoms in total. The van der Waals surface area contributed by atoms with Gasteiger partial charge in [0.15, 0.2) is 0 Å². The molecule has 0 radical (unpaired) electrons. The van der Waals surface area contributed by atoms with Crippen molar-refractivity contribution >= 4 is 34.9 Å². The van der Waals surface area contributed by atoms with Crippen LogP contribution in [-0.2, 0) is 11.2 Å². The Balaban J connectivity index is 1.61. The monoisotopic (exact) mass is 357 g/mol. The van der Waals surface area contributed by atoms with Gasteiger partial charge in [0.25, 0.3) is 0 Å². The lowest BCUT2D eigenvalue weighted by Crippen LogP contribution is -2.39. The maximum absolute atomic E-state index is 12.3. The summed E-state index contributed by atoms with van der Waals surface area (Å²) in [6.45, 7) is 2.49. The molecule has 0 bridgehead atoms. The van der Waals surface area contributed by atoms with Crippen molar-refractivity contribution in [2.45, 2.75) is 25.8 Å². The normalized spacial score (nSPS) is 16.8. The Morgan fingerprint density at radius 2 is 1.92 bits per heavy atom. The summed E-state index contributed by atoms with van der Waals surface area (Å²) >= 11 is 5.89. The highest BCUT2D eigenvalue weighted by molar-refractivity contribution is 6.30. The number of para-hydroxylation sites is 1. The zero-order valence-corrected chi connectivity index (χ0v) is 14.7. The maximum atomic E-state index is 12.3. The molecule has 2 aromatic rings. The third-order valence-electron chi connectivity index (χ3n) is 4.25. The molecule has 1 fully saturated rings. The minimum Gasteiger partial charge on any atom is -0.333 e. The van der Waals surface area contributed by atoms with Crippen LogP contribution in [0, 0.1) is 0 Å². The zero-order valence-electron chi connectivity index (χ0n) is 14.0. The predicted octanol–water partition coefficient (Wildman–Crippen LogP) is 3.83. The van der Waals surface area contributed by atoms with Gasteiger partial charge in [-0.2, -0.15) is 0 Å². The van der Waals surface area contributed by atoms with Gasteiger partial charge in [-0.3, -0.25) is 4.79 Å². The summed E-state index contributed by atoms with van der Waals surface area (Å²) in [4.78, 5) is 26.2. The number of benzene rings is 2. The quantitative estimate of drug-likeness (QED) is 0.873. The van der Waals surface area contributed by atoms with Gasteiger partial charge in [0.2, 0.25) is 5.91 Å². The van der Waals surface area contributed by atoms with Gasteiger partial charge in [0.1, 0.15) is 0 Å². The Bertz CT molecular complexity index is 776. The van der Waals surface area contributed by atoms with Gasteiger partial charge < -0.3 is 15.5 Å². The summed E-state index contributed by atoms with van der Waals surface area (Å²) in [5.41, 5.74) is 2.65. The van der Waals surface area contributed by atoms with Crippen molar-refractivity contribution in [2.24, 2.45) is 0 Å². The molecule has 0 aliphatic carbocycles. The van der Waals surface area contributed by atoms with Crippen LogP contribution in [0.15, 0.2) is 48.5 Å². The van der Waals surface area contributed by atoms with E-state index in [2.05, 4.69) is 10.6 Å². The molecule has 3 rings (SSSR count). The highest BCUT2D eigenvalue weighted by Crippen LogP contribution is 2.23. The average Bonchev–Trinajstić information content (AvgIpc) is 2.96. The molecule has 1 heterocycles. The molecule has 2 N–H and O–H groups in total. The zero-order chi connectivity index (χ0) is 17.8. The Morgan fingerprint density at radius 3 is 2.64 bits per heavy atom. The second-order valence-corrected chi connectivity index (χ2v) is 6.43. The highest BCUT2D eigenvalue weighted by atomic mass is 35.5. The molecule has 2 aromatic carbocycles. The van der Waals surface area contributed by atoms with E-state index in [0.717, 1.165) is 23.4 Å². The average molecular weight is 358 g/mol. The summed E-state index contributed by atoms with van der Waals surface area (Å²) in [7, 11) is 0.